The third-order valence-electron chi connectivity index (χ3n) is 2.46. The fourth-order valence-electron chi connectivity index (χ4n) is 1.33. The van der Waals surface area contributed by atoms with E-state index in [9.17, 15) is 4.79 Å². The maximum Gasteiger partial charge on any atom is 0.318 e. The van der Waals surface area contributed by atoms with Gasteiger partial charge in [-0.15, -0.1) is 0 Å². The van der Waals surface area contributed by atoms with Gasteiger partial charge >= 0.3 is 6.03 Å². The first-order valence-electron chi connectivity index (χ1n) is 6.08. The SMILES string of the molecule is CN(C)C(=O)NC(NC(=S)Nc1ccc(Cl)cc1Cl)C(Cl)(Cl)Cl. The predicted octanol–water partition coefficient (Wildman–Crippen LogP) is 4.25. The van der Waals surface area contributed by atoms with E-state index in [1.165, 1.54) is 4.90 Å². The van der Waals surface area contributed by atoms with Gasteiger partial charge < -0.3 is 20.9 Å². The van der Waals surface area contributed by atoms with E-state index in [1.807, 2.05) is 0 Å². The van der Waals surface area contributed by atoms with Crippen molar-refractivity contribution in [2.24, 2.45) is 0 Å². The van der Waals surface area contributed by atoms with E-state index < -0.39 is 16.0 Å². The molecule has 128 valence electrons. The Morgan fingerprint density at radius 3 is 2.30 bits per heavy atom. The highest BCUT2D eigenvalue weighted by molar-refractivity contribution is 7.80. The molecule has 1 atom stereocenters. The van der Waals surface area contributed by atoms with Gasteiger partial charge in [-0.05, 0) is 30.4 Å². The van der Waals surface area contributed by atoms with Crippen molar-refractivity contribution in [1.29, 1.82) is 0 Å². The van der Waals surface area contributed by atoms with Crippen LogP contribution in [0.2, 0.25) is 10.0 Å². The van der Waals surface area contributed by atoms with Gasteiger partial charge in [0, 0.05) is 19.1 Å². The summed E-state index contributed by atoms with van der Waals surface area (Å²) in [5, 5.41) is 8.98. The van der Waals surface area contributed by atoms with Gasteiger partial charge in [0.05, 0.1) is 10.7 Å². The van der Waals surface area contributed by atoms with Crippen LogP contribution in [0.5, 0.6) is 0 Å². The Morgan fingerprint density at radius 2 is 1.83 bits per heavy atom. The molecule has 2 amide bonds. The van der Waals surface area contributed by atoms with Crippen molar-refractivity contribution in [1.82, 2.24) is 15.5 Å². The maximum atomic E-state index is 11.7. The first-order valence-corrected chi connectivity index (χ1v) is 8.37. The minimum absolute atomic E-state index is 0.101. The molecule has 0 saturated heterocycles. The molecule has 0 saturated carbocycles. The lowest BCUT2D eigenvalue weighted by molar-refractivity contribution is 0.212. The second-order valence-electron chi connectivity index (χ2n) is 4.54. The van der Waals surface area contributed by atoms with Gasteiger partial charge in [-0.25, -0.2) is 4.79 Å². The minimum atomic E-state index is -1.83. The molecule has 11 heteroatoms. The summed E-state index contributed by atoms with van der Waals surface area (Å²) in [5.41, 5.74) is 0.510. The summed E-state index contributed by atoms with van der Waals surface area (Å²) in [6, 6.07) is 4.37. The van der Waals surface area contributed by atoms with Crippen molar-refractivity contribution in [3.63, 3.8) is 0 Å². The highest BCUT2D eigenvalue weighted by atomic mass is 35.6. The average molecular weight is 439 g/mol. The Bertz CT molecular complexity index is 593. The largest absolute Gasteiger partial charge is 0.339 e. The van der Waals surface area contributed by atoms with Crippen molar-refractivity contribution in [3.8, 4) is 0 Å². The number of benzene rings is 1. The monoisotopic (exact) mass is 436 g/mol. The Balaban J connectivity index is 2.79. The number of hydrogen-bond acceptors (Lipinski definition) is 2. The number of nitrogens with zero attached hydrogens (tertiary/aromatic N) is 1. The number of urea groups is 1. The fourth-order valence-corrected chi connectivity index (χ4v) is 2.34. The summed E-state index contributed by atoms with van der Waals surface area (Å²) in [7, 11) is 3.10. The Kier molecular flexibility index (Phi) is 7.77. The summed E-state index contributed by atoms with van der Waals surface area (Å²) < 4.78 is -1.83. The smallest absolute Gasteiger partial charge is 0.318 e. The highest BCUT2D eigenvalue weighted by Gasteiger charge is 2.35. The van der Waals surface area contributed by atoms with Crippen molar-refractivity contribution in [2.45, 2.75) is 9.96 Å². The van der Waals surface area contributed by atoms with Crippen LogP contribution in [0.3, 0.4) is 0 Å². The summed E-state index contributed by atoms with van der Waals surface area (Å²) >= 11 is 34.5. The van der Waals surface area contributed by atoms with E-state index in [0.29, 0.717) is 15.7 Å². The molecule has 1 aromatic carbocycles. The molecule has 5 nitrogen and oxygen atoms in total. The van der Waals surface area contributed by atoms with Crippen molar-refractivity contribution < 1.29 is 4.79 Å². The molecule has 0 aromatic heterocycles. The van der Waals surface area contributed by atoms with Crippen LogP contribution in [0.4, 0.5) is 10.5 Å². The van der Waals surface area contributed by atoms with Crippen LogP contribution in [-0.4, -0.2) is 40.1 Å². The molecule has 0 spiro atoms. The van der Waals surface area contributed by atoms with E-state index in [-0.39, 0.29) is 5.11 Å². The lowest BCUT2D eigenvalue weighted by Gasteiger charge is -2.29. The second-order valence-corrected chi connectivity index (χ2v) is 8.16. The van der Waals surface area contributed by atoms with Gasteiger partial charge in [-0.1, -0.05) is 58.0 Å². The summed E-state index contributed by atoms with van der Waals surface area (Å²) in [6.07, 6.45) is -1.06. The number of alkyl halides is 3. The predicted molar refractivity (Wildman–Crippen MR) is 102 cm³/mol. The average Bonchev–Trinajstić information content (AvgIpc) is 2.40. The number of rotatable bonds is 3. The number of hydrogen-bond donors (Lipinski definition) is 3. The molecule has 0 aliphatic rings. The van der Waals surface area contributed by atoms with Crippen LogP contribution in [0.25, 0.3) is 0 Å². The number of nitrogens with one attached hydrogen (secondary N) is 3. The first-order chi connectivity index (χ1) is 10.5. The van der Waals surface area contributed by atoms with E-state index in [1.54, 1.807) is 32.3 Å². The van der Waals surface area contributed by atoms with E-state index >= 15 is 0 Å². The van der Waals surface area contributed by atoms with Gasteiger partial charge in [0.2, 0.25) is 3.79 Å². The van der Waals surface area contributed by atoms with Crippen molar-refractivity contribution in [2.75, 3.05) is 19.4 Å². The standard InChI is InChI=1S/C12H13Cl5N4OS/c1-21(2)11(22)20-9(12(15,16)17)19-10(23)18-8-4-3-6(13)5-7(8)14/h3-5,9H,1-2H3,(H,20,22)(H2,18,19,23). The molecule has 0 radical (unpaired) electrons. The normalized spacial score (nSPS) is 12.3. The molecule has 0 fully saturated rings. The third-order valence-corrected chi connectivity index (χ3v) is 3.88. The molecule has 1 unspecified atom stereocenters. The van der Waals surface area contributed by atoms with E-state index in [4.69, 9.17) is 70.2 Å². The zero-order chi connectivity index (χ0) is 17.8. The van der Waals surface area contributed by atoms with E-state index in [0.717, 1.165) is 0 Å². The molecular formula is C12H13Cl5N4OS. The number of carbonyl (C=O) groups is 1. The molecule has 0 bridgehead atoms. The molecule has 0 aliphatic heterocycles. The second kappa shape index (κ2) is 8.65. The molecular weight excluding hydrogens is 425 g/mol. The number of carbonyl (C=O) groups excluding carboxylic acids is 1. The quantitative estimate of drug-likeness (QED) is 0.375. The molecule has 0 aliphatic carbocycles. The van der Waals surface area contributed by atoms with E-state index in [2.05, 4.69) is 16.0 Å². The first kappa shape index (κ1) is 20.7. The Morgan fingerprint density at radius 1 is 1.22 bits per heavy atom. The van der Waals surface area contributed by atoms with Crippen molar-refractivity contribution >= 4 is 87.1 Å². The van der Waals surface area contributed by atoms with Crippen LogP contribution < -0.4 is 16.0 Å². The zero-order valence-electron chi connectivity index (χ0n) is 12.0. The fraction of sp³-hybridized carbons (Fsp3) is 0.333. The lowest BCUT2D eigenvalue weighted by Crippen LogP contribution is -2.57. The molecule has 1 aromatic rings. The number of thiocarbonyl (C=S) groups is 1. The van der Waals surface area contributed by atoms with Crippen LogP contribution in [0.15, 0.2) is 18.2 Å². The highest BCUT2D eigenvalue weighted by Crippen LogP contribution is 2.29. The van der Waals surface area contributed by atoms with Crippen LogP contribution >= 0.6 is 70.2 Å². The molecule has 0 heterocycles. The van der Waals surface area contributed by atoms with Gasteiger partial charge in [-0.3, -0.25) is 0 Å². The van der Waals surface area contributed by atoms with Gasteiger partial charge in [0.1, 0.15) is 0 Å². The summed E-state index contributed by atoms with van der Waals surface area (Å²) in [4.78, 5) is 13.0. The molecule has 3 N–H and O–H groups in total. The number of halogens is 5. The Hall–Kier alpha value is -0.370. The Labute approximate surface area is 164 Å². The van der Waals surface area contributed by atoms with Gasteiger partial charge in [0.25, 0.3) is 0 Å². The summed E-state index contributed by atoms with van der Waals surface area (Å²) in [6.45, 7) is 0. The van der Waals surface area contributed by atoms with Gasteiger partial charge in [-0.2, -0.15) is 0 Å². The minimum Gasteiger partial charge on any atom is -0.339 e. The molecule has 1 rings (SSSR count). The topological polar surface area (TPSA) is 56.4 Å². The van der Waals surface area contributed by atoms with Crippen molar-refractivity contribution in [3.05, 3.63) is 28.2 Å². The van der Waals surface area contributed by atoms with Crippen LogP contribution in [0, 0.1) is 0 Å². The number of anilines is 1. The van der Waals surface area contributed by atoms with Crippen LogP contribution in [-0.2, 0) is 0 Å². The zero-order valence-corrected chi connectivity index (χ0v) is 16.6. The van der Waals surface area contributed by atoms with Crippen LogP contribution in [0.1, 0.15) is 0 Å². The van der Waals surface area contributed by atoms with Gasteiger partial charge in [0.15, 0.2) is 11.3 Å². The third kappa shape index (κ3) is 6.95. The number of amides is 2. The summed E-state index contributed by atoms with van der Waals surface area (Å²) in [5.74, 6) is 0. The maximum absolute atomic E-state index is 11.7. The lowest BCUT2D eigenvalue weighted by atomic mass is 10.3. The molecule has 23 heavy (non-hydrogen) atoms.